The molecule has 200 valence electrons. The van der Waals surface area contributed by atoms with Gasteiger partial charge in [-0.25, -0.2) is 0 Å². The van der Waals surface area contributed by atoms with E-state index in [0.717, 1.165) is 36.9 Å². The molecule has 0 bridgehead atoms. The normalized spacial score (nSPS) is 40.6. The van der Waals surface area contributed by atoms with Gasteiger partial charge >= 0.3 is 0 Å². The fourth-order valence-electron chi connectivity index (χ4n) is 3.25. The van der Waals surface area contributed by atoms with Gasteiger partial charge in [0.2, 0.25) is 0 Å². The zero-order valence-electron chi connectivity index (χ0n) is 21.2. The van der Waals surface area contributed by atoms with E-state index in [1.54, 1.807) is 35.3 Å². The largest absolute Gasteiger partial charge is 0.303 e. The summed E-state index contributed by atoms with van der Waals surface area (Å²) in [5, 5.41) is 28.2. The molecule has 3 saturated heterocycles. The molecule has 3 aliphatic rings. The highest BCUT2D eigenvalue weighted by molar-refractivity contribution is 8.00. The van der Waals surface area contributed by atoms with Gasteiger partial charge in [-0.3, -0.25) is 47.9 Å². The van der Waals surface area contributed by atoms with Gasteiger partial charge in [0.25, 0.3) is 0 Å². The Hall–Kier alpha value is 1.40. The van der Waals surface area contributed by atoms with Gasteiger partial charge in [0.1, 0.15) is 56.5 Å². The van der Waals surface area contributed by atoms with E-state index in [9.17, 15) is 0 Å². The molecule has 19 heteroatoms. The second-order valence-electron chi connectivity index (χ2n) is 7.48. The molecule has 13 nitrogen and oxygen atoms in total. The molecule has 0 spiro atoms. The number of hydrogen-bond donors (Lipinski definition) is 12. The van der Waals surface area contributed by atoms with Crippen LogP contribution in [0.5, 0.6) is 0 Å². The summed E-state index contributed by atoms with van der Waals surface area (Å²) in [5.74, 6) is 2.56. The summed E-state index contributed by atoms with van der Waals surface area (Å²) in [6, 6.07) is 0. The first-order valence-corrected chi connectivity index (χ1v) is 15.2. The molecule has 9 unspecified atom stereocenters. The smallest absolute Gasteiger partial charge is 0.139 e. The second-order valence-corrected chi connectivity index (χ2v) is 12.4. The first kappa shape index (κ1) is 25.7. The molecule has 0 aromatic heterocycles. The Bertz CT molecular complexity index is 570. The van der Waals surface area contributed by atoms with Crippen LogP contribution < -0.4 is 65.0 Å². The maximum atomic E-state index is 7.36. The number of nitrogens with two attached hydrogens (primary N) is 3. The van der Waals surface area contributed by atoms with Crippen molar-refractivity contribution < 1.29 is 4.24 Å². The van der Waals surface area contributed by atoms with Crippen LogP contribution in [0.2, 0.25) is 4.24 Å². The number of rotatable bonds is 15. The van der Waals surface area contributed by atoms with Crippen molar-refractivity contribution in [1.82, 2.24) is 52.8 Å². The van der Waals surface area contributed by atoms with E-state index in [4.69, 9.17) is 39.0 Å². The maximum Gasteiger partial charge on any atom is 0.139 e. The lowest BCUT2D eigenvalue weighted by atomic mass is 10.5. The number of nitrogens with zero attached hydrogens (tertiary/aromatic N) is 1. The van der Waals surface area contributed by atoms with Crippen molar-refractivity contribution in [2.24, 2.45) is 17.2 Å². The zero-order valence-corrected chi connectivity index (χ0v) is 23.0. The number of alkyl halides is 3. The van der Waals surface area contributed by atoms with Crippen molar-refractivity contribution in [3.05, 3.63) is 0 Å². The first-order chi connectivity index (χ1) is 17.9. The Morgan fingerprint density at radius 1 is 0.559 bits per heavy atom. The molecule has 0 radical (unpaired) electrons. The minimum absolute atomic E-state index is 0.0894. The summed E-state index contributed by atoms with van der Waals surface area (Å²) in [6.07, 6.45) is -1.16. The van der Waals surface area contributed by atoms with E-state index in [0.29, 0.717) is 0 Å². The topological polar surface area (TPSA) is 190 Å². The van der Waals surface area contributed by atoms with Crippen molar-refractivity contribution in [2.45, 2.75) is 52.2 Å². The third kappa shape index (κ3) is 11.4. The quantitative estimate of drug-likeness (QED) is 0.0668. The fourth-order valence-corrected chi connectivity index (χ4v) is 7.42. The lowest BCUT2D eigenvalue weighted by molar-refractivity contribution is 0.296. The summed E-state index contributed by atoms with van der Waals surface area (Å²) in [6.45, 7) is 2.57. The number of nitrogens with one attached hydrogen (secondary N) is 9. The molecule has 0 saturated carbocycles. The molecular formula is C15H36Cl3N13S3. The fraction of sp³-hybridized carbons (Fsp3) is 1.00. The number of halogens is 3. The highest BCUT2D eigenvalue weighted by Gasteiger charge is 2.25. The van der Waals surface area contributed by atoms with Crippen LogP contribution in [0.25, 0.3) is 0 Å². The van der Waals surface area contributed by atoms with E-state index in [2.05, 4.69) is 69.9 Å². The summed E-state index contributed by atoms with van der Waals surface area (Å²) < 4.78 is 22.1. The van der Waals surface area contributed by atoms with Crippen LogP contribution in [-0.2, 0) is 0 Å². The monoisotopic (exact) mass is 602 g/mol. The minimum atomic E-state index is -0.430. The average molecular weight is 604 g/mol. The molecule has 3 fully saturated rings. The van der Waals surface area contributed by atoms with Gasteiger partial charge in [0.05, 0.1) is 0 Å². The Balaban J connectivity index is 1.44. The second kappa shape index (κ2) is 15.7. The molecule has 3 aliphatic heterocycles. The molecule has 15 N–H and O–H groups in total. The molecule has 0 aromatic carbocycles. The lowest BCUT2D eigenvalue weighted by Gasteiger charge is -2.35. The Morgan fingerprint density at radius 2 is 0.882 bits per heavy atom. The third-order valence-electron chi connectivity index (χ3n) is 4.86. The van der Waals surface area contributed by atoms with Gasteiger partial charge in [0, 0.05) is 36.9 Å². The van der Waals surface area contributed by atoms with Crippen molar-refractivity contribution in [3.63, 3.8) is 0 Å². The van der Waals surface area contributed by atoms with Crippen molar-refractivity contribution in [3.8, 4) is 0 Å². The van der Waals surface area contributed by atoms with Gasteiger partial charge in [-0.2, -0.15) is 0 Å². The molecule has 3 rings (SSSR count). The van der Waals surface area contributed by atoms with E-state index in [1.165, 1.54) is 0 Å². The summed E-state index contributed by atoms with van der Waals surface area (Å²) >= 11 is 23.6. The predicted octanol–water partition coefficient (Wildman–Crippen LogP) is -3.02. The SMILES string of the molecule is [2H]NC1NC(Cl)NC(SCCN(CCSC2NC(Cl)NC(N[2H])N2)CCSC2NC(Cl)NC(N[2H])N2)N1. The highest BCUT2D eigenvalue weighted by atomic mass is 35.5. The van der Waals surface area contributed by atoms with E-state index in [-0.39, 0.29) is 35.4 Å². The predicted molar refractivity (Wildman–Crippen MR) is 146 cm³/mol. The molecule has 3 heterocycles. The molecule has 9 atom stereocenters. The lowest BCUT2D eigenvalue weighted by Crippen LogP contribution is -2.67. The summed E-state index contributed by atoms with van der Waals surface area (Å²) in [5.41, 5.74) is 5.62. The van der Waals surface area contributed by atoms with Gasteiger partial charge in [-0.05, 0) is 0 Å². The minimum Gasteiger partial charge on any atom is -0.303 e. The van der Waals surface area contributed by atoms with E-state index in [1.807, 2.05) is 0 Å². The summed E-state index contributed by atoms with van der Waals surface area (Å²) in [4.78, 5) is 2.39. The van der Waals surface area contributed by atoms with Gasteiger partial charge in [0.15, 0.2) is 0 Å². The Morgan fingerprint density at radius 3 is 1.18 bits per heavy atom. The average Bonchev–Trinajstić information content (AvgIpc) is 2.87. The van der Waals surface area contributed by atoms with Crippen molar-refractivity contribution in [1.29, 1.82) is 0 Å². The third-order valence-corrected chi connectivity index (χ3v) is 8.69. The summed E-state index contributed by atoms with van der Waals surface area (Å²) in [7, 11) is 0. The Kier molecular flexibility index (Phi) is 11.9. The van der Waals surface area contributed by atoms with Crippen LogP contribution in [0.1, 0.15) is 0 Å². The van der Waals surface area contributed by atoms with Gasteiger partial charge < -0.3 is 22.1 Å². The zero-order chi connectivity index (χ0) is 26.6. The molecule has 0 aromatic rings. The number of thioether (sulfide) groups is 3. The van der Waals surface area contributed by atoms with Crippen LogP contribution in [-0.4, -0.2) is 94.0 Å². The van der Waals surface area contributed by atoms with Crippen LogP contribution in [0.15, 0.2) is 0 Å². The maximum absolute atomic E-state index is 7.36. The van der Waals surface area contributed by atoms with Crippen LogP contribution in [0, 0.1) is 0 Å². The molecule has 34 heavy (non-hydrogen) atoms. The van der Waals surface area contributed by atoms with Gasteiger partial charge in [-0.15, -0.1) is 35.3 Å². The van der Waals surface area contributed by atoms with Crippen molar-refractivity contribution >= 4 is 70.1 Å². The molecule has 0 aliphatic carbocycles. The van der Waals surface area contributed by atoms with Crippen LogP contribution in [0.4, 0.5) is 0 Å². The van der Waals surface area contributed by atoms with E-state index < -0.39 is 16.9 Å². The molecular weight excluding hydrogens is 565 g/mol. The molecule has 0 amide bonds. The van der Waals surface area contributed by atoms with Crippen molar-refractivity contribution in [2.75, 3.05) is 36.9 Å². The number of hydrogen-bond acceptors (Lipinski definition) is 16. The standard InChI is InChI=1S/C15H36Cl3N13S3/c16-7-22-10(19)28-13(25-7)32-4-1-31(2-5-33-14-26-8(17)23-11(20)29-14)3-6-34-15-27-9(18)24-12(21)30-15/h7-15,22-30H,1-6,19-21H2/i/hD3. The van der Waals surface area contributed by atoms with Gasteiger partial charge in [-0.1, -0.05) is 34.8 Å². The van der Waals surface area contributed by atoms with Crippen LogP contribution >= 0.6 is 70.1 Å². The van der Waals surface area contributed by atoms with Crippen LogP contribution in [0.3, 0.4) is 0 Å². The Labute approximate surface area is 232 Å². The highest BCUT2D eigenvalue weighted by Crippen LogP contribution is 2.15. The first-order valence-electron chi connectivity index (χ1n) is 12.2. The van der Waals surface area contributed by atoms with E-state index >= 15 is 0 Å².